The van der Waals surface area contributed by atoms with Crippen molar-refractivity contribution >= 4 is 59.5 Å². The monoisotopic (exact) mass is 531 g/mol. The number of methoxy groups -OCH3 is 1. The van der Waals surface area contributed by atoms with Crippen molar-refractivity contribution in [2.24, 2.45) is 12.0 Å². The van der Waals surface area contributed by atoms with Crippen LogP contribution in [0.4, 0.5) is 5.69 Å². The van der Waals surface area contributed by atoms with Gasteiger partial charge in [0.2, 0.25) is 5.91 Å². The van der Waals surface area contributed by atoms with Crippen molar-refractivity contribution in [1.82, 2.24) is 29.6 Å². The first-order valence-corrected chi connectivity index (χ1v) is 11.4. The fourth-order valence-corrected chi connectivity index (χ4v) is 4.49. The summed E-state index contributed by atoms with van der Waals surface area (Å²) in [4.78, 5) is 26.1. The van der Waals surface area contributed by atoms with Gasteiger partial charge < -0.3 is 14.6 Å². The maximum Gasteiger partial charge on any atom is 0.220 e. The number of ether oxygens (including phenoxy) is 1. The molecule has 1 amide bonds. The van der Waals surface area contributed by atoms with Crippen molar-refractivity contribution < 1.29 is 9.53 Å². The summed E-state index contributed by atoms with van der Waals surface area (Å²) in [6.45, 7) is 0.465. The van der Waals surface area contributed by atoms with Gasteiger partial charge in [-0.25, -0.2) is 9.98 Å². The number of pyridine rings is 1. The van der Waals surface area contributed by atoms with Gasteiger partial charge in [-0.15, -0.1) is 0 Å². The minimum absolute atomic E-state index is 0. The predicted molar refractivity (Wildman–Crippen MR) is 140 cm³/mol. The Hall–Kier alpha value is -3.08. The maximum atomic E-state index is 11.9. The number of aromatic nitrogens is 5. The van der Waals surface area contributed by atoms with Crippen molar-refractivity contribution in [2.75, 3.05) is 7.11 Å². The van der Waals surface area contributed by atoms with Crippen LogP contribution < -0.4 is 15.5 Å². The van der Waals surface area contributed by atoms with E-state index in [4.69, 9.17) is 37.9 Å². The largest absolute Gasteiger partial charge is 0.495 e. The lowest BCUT2D eigenvalue weighted by atomic mass is 10.2. The molecule has 4 aromatic rings. The minimum atomic E-state index is -0.0582. The molecule has 0 saturated carbocycles. The fraction of sp³-hybridized carbons (Fsp3) is 0.261. The predicted octanol–water partition coefficient (Wildman–Crippen LogP) is 3.77. The molecule has 1 aliphatic rings. The van der Waals surface area contributed by atoms with Crippen LogP contribution in [-0.4, -0.2) is 43.4 Å². The molecule has 0 bridgehead atoms. The lowest BCUT2D eigenvalue weighted by molar-refractivity contribution is -0.119. The van der Waals surface area contributed by atoms with E-state index in [9.17, 15) is 4.79 Å². The average molecular weight is 532 g/mol. The summed E-state index contributed by atoms with van der Waals surface area (Å²) in [5.74, 6) is 0.504. The third kappa shape index (κ3) is 5.00. The van der Waals surface area contributed by atoms with E-state index in [-0.39, 0.29) is 25.4 Å². The molecule has 5 rings (SSSR count). The van der Waals surface area contributed by atoms with Gasteiger partial charge in [0, 0.05) is 37.8 Å². The summed E-state index contributed by atoms with van der Waals surface area (Å²) in [5.41, 5.74) is 3.81. The second-order valence-electron chi connectivity index (χ2n) is 8.00. The Morgan fingerprint density at radius 3 is 2.74 bits per heavy atom. The molecule has 1 N–H and O–H groups in total. The molecule has 35 heavy (non-hydrogen) atoms. The second-order valence-corrected chi connectivity index (χ2v) is 8.78. The topological polar surface area (TPSA) is 99.2 Å². The summed E-state index contributed by atoms with van der Waals surface area (Å²) < 4.78 is 8.98. The highest BCUT2D eigenvalue weighted by Gasteiger charge is 2.22. The van der Waals surface area contributed by atoms with Crippen molar-refractivity contribution in [1.29, 1.82) is 0 Å². The molecule has 1 atom stereocenters. The molecule has 1 saturated heterocycles. The van der Waals surface area contributed by atoms with Crippen molar-refractivity contribution in [2.45, 2.75) is 25.4 Å². The number of nitrogens with one attached hydrogen (secondary N) is 1. The number of benzene rings is 1. The van der Waals surface area contributed by atoms with Crippen LogP contribution in [-0.2, 0) is 18.4 Å². The number of hydrogen-bond donors (Lipinski definition) is 1. The number of amides is 1. The van der Waals surface area contributed by atoms with Crippen LogP contribution in [0.25, 0.3) is 22.4 Å². The molecule has 0 aliphatic carbocycles. The van der Waals surface area contributed by atoms with E-state index in [1.165, 1.54) is 7.11 Å². The zero-order valence-corrected chi connectivity index (χ0v) is 21.5. The van der Waals surface area contributed by atoms with Crippen molar-refractivity contribution in [3.8, 4) is 17.0 Å². The second kappa shape index (κ2) is 10.3. The van der Waals surface area contributed by atoms with E-state index < -0.39 is 0 Å². The van der Waals surface area contributed by atoms with Gasteiger partial charge in [-0.1, -0.05) is 23.2 Å². The molecular weight excluding hydrogens is 509 g/mol. The fourth-order valence-electron chi connectivity index (χ4n) is 3.96. The third-order valence-corrected chi connectivity index (χ3v) is 6.34. The number of hydrogen-bond acceptors (Lipinski definition) is 6. The lowest BCUT2D eigenvalue weighted by Gasteiger charge is -2.16. The number of rotatable bonds is 5. The Bertz CT molecular complexity index is 1480. The molecule has 1 aromatic carbocycles. The van der Waals surface area contributed by atoms with Gasteiger partial charge in [0.05, 0.1) is 30.2 Å². The first-order chi connectivity index (χ1) is 16.4. The molecule has 182 valence electrons. The smallest absolute Gasteiger partial charge is 0.220 e. The van der Waals surface area contributed by atoms with Gasteiger partial charge >= 0.3 is 0 Å². The Balaban J connectivity index is 0.00000289. The SMILES string of the molecule is COc1ccc(Cl)c(N=c2ccc3ncc(-c4cnn(C)c4)nc3n2CC2CCC(=O)N2)c1Cl.S. The molecule has 4 heterocycles. The van der Waals surface area contributed by atoms with Gasteiger partial charge in [-0.2, -0.15) is 18.6 Å². The highest BCUT2D eigenvalue weighted by Crippen LogP contribution is 2.39. The number of halogens is 2. The number of fused-ring (bicyclic) bond motifs is 1. The zero-order chi connectivity index (χ0) is 23.8. The van der Waals surface area contributed by atoms with Gasteiger partial charge in [-0.05, 0) is 30.7 Å². The molecule has 1 aliphatic heterocycles. The van der Waals surface area contributed by atoms with Crippen LogP contribution >= 0.6 is 36.7 Å². The lowest BCUT2D eigenvalue weighted by Crippen LogP contribution is -2.34. The highest BCUT2D eigenvalue weighted by atomic mass is 35.5. The number of nitrogens with zero attached hydrogens (tertiary/aromatic N) is 6. The Morgan fingerprint density at radius 2 is 2.06 bits per heavy atom. The number of aryl methyl sites for hydroxylation is 1. The Labute approximate surface area is 218 Å². The summed E-state index contributed by atoms with van der Waals surface area (Å²) in [7, 11) is 3.38. The first-order valence-electron chi connectivity index (χ1n) is 10.6. The molecule has 1 fully saturated rings. The molecule has 0 spiro atoms. The Kier molecular flexibility index (Phi) is 7.34. The summed E-state index contributed by atoms with van der Waals surface area (Å²) in [6, 6.07) is 7.01. The molecule has 12 heteroatoms. The van der Waals surface area contributed by atoms with Crippen LogP contribution in [0, 0.1) is 0 Å². The highest BCUT2D eigenvalue weighted by molar-refractivity contribution is 7.59. The maximum absolute atomic E-state index is 11.9. The number of carbonyl (C=O) groups is 1. The van der Waals surface area contributed by atoms with Gasteiger partial charge in [0.15, 0.2) is 5.65 Å². The quantitative estimate of drug-likeness (QED) is 0.422. The van der Waals surface area contributed by atoms with Crippen LogP contribution in [0.5, 0.6) is 5.75 Å². The van der Waals surface area contributed by atoms with E-state index in [2.05, 4.69) is 15.4 Å². The minimum Gasteiger partial charge on any atom is -0.495 e. The van der Waals surface area contributed by atoms with Gasteiger partial charge in [0.25, 0.3) is 0 Å². The van der Waals surface area contributed by atoms with E-state index in [1.54, 1.807) is 29.2 Å². The number of carbonyl (C=O) groups excluding carboxylic acids is 1. The molecule has 1 unspecified atom stereocenters. The van der Waals surface area contributed by atoms with E-state index in [1.807, 2.05) is 29.9 Å². The van der Waals surface area contributed by atoms with Crippen molar-refractivity contribution in [3.05, 3.63) is 58.4 Å². The van der Waals surface area contributed by atoms with Crippen LogP contribution in [0.2, 0.25) is 10.0 Å². The Morgan fingerprint density at radius 1 is 1.23 bits per heavy atom. The van der Waals surface area contributed by atoms with Gasteiger partial charge in [-0.3, -0.25) is 14.5 Å². The van der Waals surface area contributed by atoms with E-state index >= 15 is 0 Å². The summed E-state index contributed by atoms with van der Waals surface area (Å²) in [6.07, 6.45) is 6.54. The standard InChI is InChI=1S/C23H21Cl2N7O2.H2S/c1-31-11-13(9-27-31)17-10-26-16-5-7-19(30-22-15(24)4-6-18(34-2)21(22)25)32(23(16)29-17)12-14-3-8-20(33)28-14;/h4-7,9-11,14H,3,8,12H2,1-2H3,(H,28,33);1H2. The first kappa shape index (κ1) is 25.0. The summed E-state index contributed by atoms with van der Waals surface area (Å²) >= 11 is 13.0. The summed E-state index contributed by atoms with van der Waals surface area (Å²) in [5, 5.41) is 7.95. The van der Waals surface area contributed by atoms with Gasteiger partial charge in [0.1, 0.15) is 27.5 Å². The van der Waals surface area contributed by atoms with E-state index in [0.29, 0.717) is 56.8 Å². The zero-order valence-electron chi connectivity index (χ0n) is 19.0. The van der Waals surface area contributed by atoms with Crippen LogP contribution in [0.3, 0.4) is 0 Å². The molecule has 3 aromatic heterocycles. The van der Waals surface area contributed by atoms with Crippen molar-refractivity contribution in [3.63, 3.8) is 0 Å². The molecule has 0 radical (unpaired) electrons. The third-order valence-electron chi connectivity index (χ3n) is 5.67. The van der Waals surface area contributed by atoms with Crippen LogP contribution in [0.15, 0.2) is 47.8 Å². The average Bonchev–Trinajstić information content (AvgIpc) is 3.45. The normalized spacial score (nSPS) is 15.8. The molecular formula is C23H23Cl2N7O2S. The molecule has 9 nitrogen and oxygen atoms in total. The van der Waals surface area contributed by atoms with Crippen LogP contribution in [0.1, 0.15) is 12.8 Å². The van der Waals surface area contributed by atoms with E-state index in [0.717, 1.165) is 12.0 Å².